The Hall–Kier alpha value is -0.460. The Bertz CT molecular complexity index is 362. The van der Waals surface area contributed by atoms with E-state index < -0.39 is 0 Å². The second-order valence-electron chi connectivity index (χ2n) is 4.49. The topological polar surface area (TPSA) is 52.0 Å². The molecule has 0 saturated carbocycles. The van der Waals surface area contributed by atoms with Gasteiger partial charge in [0.05, 0.1) is 23.9 Å². The molecule has 1 aromatic rings. The fraction of sp³-hybridized carbons (Fsp3) is 0.818. The predicted octanol–water partition coefficient (Wildman–Crippen LogP) is 1.80. The Morgan fingerprint density at radius 3 is 2.82 bits per heavy atom. The molecule has 0 bridgehead atoms. The van der Waals surface area contributed by atoms with Crippen molar-refractivity contribution in [2.45, 2.75) is 44.9 Å². The zero-order chi connectivity index (χ0) is 12.4. The van der Waals surface area contributed by atoms with E-state index >= 15 is 0 Å². The average molecular weight is 303 g/mol. The zero-order valence-corrected chi connectivity index (χ0v) is 12.1. The third-order valence-corrected chi connectivity index (χ3v) is 3.75. The number of aromatic nitrogens is 3. The highest BCUT2D eigenvalue weighted by atomic mass is 79.9. The monoisotopic (exact) mass is 302 g/mol. The van der Waals surface area contributed by atoms with E-state index in [1.807, 2.05) is 11.7 Å². The van der Waals surface area contributed by atoms with Crippen molar-refractivity contribution < 1.29 is 4.74 Å². The van der Waals surface area contributed by atoms with Gasteiger partial charge < -0.3 is 10.1 Å². The molecule has 2 heterocycles. The van der Waals surface area contributed by atoms with Crippen molar-refractivity contribution in [3.63, 3.8) is 0 Å². The summed E-state index contributed by atoms with van der Waals surface area (Å²) in [5, 5.41) is 11.6. The van der Waals surface area contributed by atoms with Crippen LogP contribution in [0.5, 0.6) is 0 Å². The highest BCUT2D eigenvalue weighted by Gasteiger charge is 2.33. The summed E-state index contributed by atoms with van der Waals surface area (Å²) in [6.45, 7) is 5.12. The molecule has 17 heavy (non-hydrogen) atoms. The van der Waals surface area contributed by atoms with E-state index in [2.05, 4.69) is 45.4 Å². The molecule has 0 spiro atoms. The van der Waals surface area contributed by atoms with Gasteiger partial charge in [-0.3, -0.25) is 0 Å². The molecule has 1 aliphatic rings. The van der Waals surface area contributed by atoms with Crippen LogP contribution in [0.1, 0.15) is 38.4 Å². The Morgan fingerprint density at radius 2 is 2.35 bits per heavy atom. The van der Waals surface area contributed by atoms with Gasteiger partial charge in [-0.05, 0) is 42.2 Å². The SMILES string of the molecule is CCNC(c1c(Br)nnn1C)C1CCC(C)O1. The fourth-order valence-electron chi connectivity index (χ4n) is 2.37. The molecule has 0 aliphatic carbocycles. The maximum Gasteiger partial charge on any atom is 0.153 e. The molecule has 1 aliphatic heterocycles. The van der Waals surface area contributed by atoms with Crippen molar-refractivity contribution in [3.05, 3.63) is 10.3 Å². The number of nitrogens with one attached hydrogen (secondary N) is 1. The number of hydrogen-bond donors (Lipinski definition) is 1. The van der Waals surface area contributed by atoms with Crippen LogP contribution in [-0.4, -0.2) is 33.7 Å². The van der Waals surface area contributed by atoms with Crippen molar-refractivity contribution in [2.75, 3.05) is 6.54 Å². The summed E-state index contributed by atoms with van der Waals surface area (Å²) in [7, 11) is 1.91. The number of nitrogens with zero attached hydrogens (tertiary/aromatic N) is 3. The van der Waals surface area contributed by atoms with Crippen molar-refractivity contribution in [1.82, 2.24) is 20.3 Å². The van der Waals surface area contributed by atoms with Crippen LogP contribution in [0.2, 0.25) is 0 Å². The first-order chi connectivity index (χ1) is 8.13. The molecule has 1 N–H and O–H groups in total. The van der Waals surface area contributed by atoms with Crippen molar-refractivity contribution in [3.8, 4) is 0 Å². The fourth-order valence-corrected chi connectivity index (χ4v) is 2.95. The number of hydrogen-bond acceptors (Lipinski definition) is 4. The third-order valence-electron chi connectivity index (χ3n) is 3.18. The van der Waals surface area contributed by atoms with E-state index in [1.54, 1.807) is 0 Å². The summed E-state index contributed by atoms with van der Waals surface area (Å²) >= 11 is 3.46. The van der Waals surface area contributed by atoms with Gasteiger partial charge in [-0.2, -0.15) is 0 Å². The minimum Gasteiger partial charge on any atom is -0.373 e. The van der Waals surface area contributed by atoms with E-state index in [4.69, 9.17) is 4.74 Å². The van der Waals surface area contributed by atoms with Crippen LogP contribution in [0, 0.1) is 0 Å². The van der Waals surface area contributed by atoms with Gasteiger partial charge in [-0.15, -0.1) is 5.10 Å². The van der Waals surface area contributed by atoms with Gasteiger partial charge in [0.15, 0.2) is 4.60 Å². The van der Waals surface area contributed by atoms with Crippen molar-refractivity contribution in [1.29, 1.82) is 0 Å². The first-order valence-corrected chi connectivity index (χ1v) is 6.86. The van der Waals surface area contributed by atoms with Crippen LogP contribution >= 0.6 is 15.9 Å². The zero-order valence-electron chi connectivity index (χ0n) is 10.5. The van der Waals surface area contributed by atoms with Gasteiger partial charge in [0.1, 0.15) is 0 Å². The van der Waals surface area contributed by atoms with Crippen LogP contribution in [0.3, 0.4) is 0 Å². The normalized spacial score (nSPS) is 26.4. The van der Waals surface area contributed by atoms with E-state index in [0.29, 0.717) is 6.10 Å². The van der Waals surface area contributed by atoms with Gasteiger partial charge in [-0.1, -0.05) is 12.1 Å². The van der Waals surface area contributed by atoms with Gasteiger partial charge in [0.2, 0.25) is 0 Å². The summed E-state index contributed by atoms with van der Waals surface area (Å²) in [6, 6.07) is 0.152. The second-order valence-corrected chi connectivity index (χ2v) is 5.24. The van der Waals surface area contributed by atoms with Crippen LogP contribution in [0.25, 0.3) is 0 Å². The number of likely N-dealkylation sites (N-methyl/N-ethyl adjacent to an activating group) is 1. The molecule has 0 amide bonds. The Morgan fingerprint density at radius 1 is 1.59 bits per heavy atom. The maximum absolute atomic E-state index is 5.96. The predicted molar refractivity (Wildman–Crippen MR) is 68.7 cm³/mol. The largest absolute Gasteiger partial charge is 0.373 e. The van der Waals surface area contributed by atoms with E-state index in [1.165, 1.54) is 0 Å². The van der Waals surface area contributed by atoms with Crippen LogP contribution in [0.15, 0.2) is 4.60 Å². The lowest BCUT2D eigenvalue weighted by molar-refractivity contribution is 0.0300. The summed E-state index contributed by atoms with van der Waals surface area (Å²) in [5.41, 5.74) is 1.06. The summed E-state index contributed by atoms with van der Waals surface area (Å²) in [5.74, 6) is 0. The number of halogens is 1. The Kier molecular flexibility index (Phi) is 4.17. The summed E-state index contributed by atoms with van der Waals surface area (Å²) in [4.78, 5) is 0. The second kappa shape index (κ2) is 5.46. The molecular weight excluding hydrogens is 284 g/mol. The standard InChI is InChI=1S/C11H19BrN4O/c1-4-13-9(8-6-5-7(2)17-8)10-11(12)14-15-16(10)3/h7-9,13H,4-6H2,1-3H3. The van der Waals surface area contributed by atoms with Gasteiger partial charge in [0, 0.05) is 7.05 Å². The molecule has 1 fully saturated rings. The lowest BCUT2D eigenvalue weighted by atomic mass is 10.0. The van der Waals surface area contributed by atoms with Gasteiger partial charge >= 0.3 is 0 Å². The number of aryl methyl sites for hydroxylation is 1. The van der Waals surface area contributed by atoms with E-state index in [0.717, 1.165) is 29.7 Å². The number of rotatable bonds is 4. The molecule has 0 aromatic carbocycles. The van der Waals surface area contributed by atoms with Crippen LogP contribution in [0.4, 0.5) is 0 Å². The summed E-state index contributed by atoms with van der Waals surface area (Å²) in [6.07, 6.45) is 2.76. The molecule has 1 saturated heterocycles. The van der Waals surface area contributed by atoms with Gasteiger partial charge in [-0.25, -0.2) is 4.68 Å². The molecule has 0 radical (unpaired) electrons. The average Bonchev–Trinajstić information content (AvgIpc) is 2.84. The maximum atomic E-state index is 5.96. The smallest absolute Gasteiger partial charge is 0.153 e. The lowest BCUT2D eigenvalue weighted by Crippen LogP contribution is -2.33. The molecule has 96 valence electrons. The lowest BCUT2D eigenvalue weighted by Gasteiger charge is -2.24. The van der Waals surface area contributed by atoms with Crippen molar-refractivity contribution >= 4 is 15.9 Å². The minimum atomic E-state index is 0.152. The molecule has 3 atom stereocenters. The first-order valence-electron chi connectivity index (χ1n) is 6.07. The van der Waals surface area contributed by atoms with E-state index in [9.17, 15) is 0 Å². The molecular formula is C11H19BrN4O. The van der Waals surface area contributed by atoms with Gasteiger partial charge in [0.25, 0.3) is 0 Å². The molecule has 5 nitrogen and oxygen atoms in total. The highest BCUT2D eigenvalue weighted by Crippen LogP contribution is 2.32. The Labute approximate surface area is 110 Å². The van der Waals surface area contributed by atoms with Crippen molar-refractivity contribution in [2.24, 2.45) is 7.05 Å². The van der Waals surface area contributed by atoms with Crippen LogP contribution in [-0.2, 0) is 11.8 Å². The third kappa shape index (κ3) is 2.69. The molecule has 2 rings (SSSR count). The molecule has 6 heteroatoms. The van der Waals surface area contributed by atoms with E-state index in [-0.39, 0.29) is 12.1 Å². The van der Waals surface area contributed by atoms with Crippen LogP contribution < -0.4 is 5.32 Å². The highest BCUT2D eigenvalue weighted by molar-refractivity contribution is 9.10. The Balaban J connectivity index is 2.23. The molecule has 3 unspecified atom stereocenters. The minimum absolute atomic E-state index is 0.152. The first kappa shape index (κ1) is 13.0. The quantitative estimate of drug-likeness (QED) is 0.921. The molecule has 1 aromatic heterocycles. The summed E-state index contributed by atoms with van der Waals surface area (Å²) < 4.78 is 8.57. The number of ether oxygens (including phenoxy) is 1.